The third kappa shape index (κ3) is 5.24. The number of aliphatic hydroxyl groups excluding tert-OH is 1. The summed E-state index contributed by atoms with van der Waals surface area (Å²) in [6.07, 6.45) is 2.61. The molecule has 5 N–H and O–H groups in total. The van der Waals surface area contributed by atoms with E-state index >= 15 is 0 Å². The van der Waals surface area contributed by atoms with E-state index in [1.807, 2.05) is 54.6 Å². The Balaban J connectivity index is 1.27. The molecule has 1 amide bonds. The highest BCUT2D eigenvalue weighted by molar-refractivity contribution is 7.13. The molecule has 1 aromatic heterocycles. The van der Waals surface area contributed by atoms with Crippen LogP contribution in [-0.4, -0.2) is 28.1 Å². The van der Waals surface area contributed by atoms with Crippen molar-refractivity contribution in [1.82, 2.24) is 10.3 Å². The number of anilines is 2. The van der Waals surface area contributed by atoms with Gasteiger partial charge < -0.3 is 21.5 Å². The van der Waals surface area contributed by atoms with Gasteiger partial charge in [0.25, 0.3) is 0 Å². The lowest BCUT2D eigenvalue weighted by molar-refractivity contribution is -0.115. The van der Waals surface area contributed by atoms with Crippen molar-refractivity contribution in [3.8, 4) is 0 Å². The van der Waals surface area contributed by atoms with E-state index in [9.17, 15) is 9.90 Å². The monoisotopic (exact) mass is 422 g/mol. The molecule has 30 heavy (non-hydrogen) atoms. The third-order valence-electron chi connectivity index (χ3n) is 5.43. The second kappa shape index (κ2) is 9.38. The maximum absolute atomic E-state index is 12.2. The summed E-state index contributed by atoms with van der Waals surface area (Å²) in [5.74, 6) is -0.108. The van der Waals surface area contributed by atoms with Gasteiger partial charge in [-0.1, -0.05) is 42.5 Å². The fourth-order valence-corrected chi connectivity index (χ4v) is 4.49. The van der Waals surface area contributed by atoms with Crippen molar-refractivity contribution in [3.05, 3.63) is 76.8 Å². The Kier molecular flexibility index (Phi) is 6.42. The molecular formula is C23H26N4O2S. The maximum Gasteiger partial charge on any atom is 0.230 e. The van der Waals surface area contributed by atoms with E-state index in [-0.39, 0.29) is 18.4 Å². The number of thiazole rings is 1. The second-order valence-corrected chi connectivity index (χ2v) is 8.60. The van der Waals surface area contributed by atoms with Crippen LogP contribution < -0.4 is 16.4 Å². The van der Waals surface area contributed by atoms with E-state index in [1.165, 1.54) is 16.9 Å². The molecule has 4 rings (SSSR count). The average molecular weight is 423 g/mol. The Hall–Kier alpha value is -2.74. The lowest BCUT2D eigenvalue weighted by atomic mass is 10.0. The molecule has 0 aliphatic carbocycles. The fourth-order valence-electron chi connectivity index (χ4n) is 3.92. The molecule has 0 spiro atoms. The maximum atomic E-state index is 12.2. The van der Waals surface area contributed by atoms with E-state index in [2.05, 4.69) is 15.6 Å². The zero-order valence-corrected chi connectivity index (χ0v) is 17.4. The van der Waals surface area contributed by atoms with Gasteiger partial charge in [0.05, 0.1) is 18.2 Å². The summed E-state index contributed by atoms with van der Waals surface area (Å²) in [5.41, 5.74) is 9.21. The first-order valence-electron chi connectivity index (χ1n) is 10.1. The number of amides is 1. The van der Waals surface area contributed by atoms with E-state index in [4.69, 9.17) is 5.73 Å². The number of nitrogen functional groups attached to an aromatic ring is 1. The van der Waals surface area contributed by atoms with Gasteiger partial charge in [-0.05, 0) is 42.5 Å². The number of aromatic nitrogens is 1. The molecule has 1 aliphatic heterocycles. The van der Waals surface area contributed by atoms with Gasteiger partial charge in [0.1, 0.15) is 0 Å². The first-order valence-corrected chi connectivity index (χ1v) is 11.0. The van der Waals surface area contributed by atoms with Crippen LogP contribution >= 0.6 is 11.3 Å². The van der Waals surface area contributed by atoms with Crippen LogP contribution in [0.3, 0.4) is 0 Å². The van der Waals surface area contributed by atoms with Crippen molar-refractivity contribution in [2.24, 2.45) is 0 Å². The predicted molar refractivity (Wildman–Crippen MR) is 120 cm³/mol. The fraction of sp³-hybridized carbons (Fsp3) is 0.304. The Labute approximate surface area is 180 Å². The first kappa shape index (κ1) is 20.5. The second-order valence-electron chi connectivity index (χ2n) is 7.71. The van der Waals surface area contributed by atoms with Crippen LogP contribution in [0.2, 0.25) is 0 Å². The highest BCUT2D eigenvalue weighted by Gasteiger charge is 2.29. The summed E-state index contributed by atoms with van der Waals surface area (Å²) >= 11 is 1.34. The van der Waals surface area contributed by atoms with Crippen LogP contribution in [0.5, 0.6) is 0 Å². The molecule has 0 radical (unpaired) electrons. The van der Waals surface area contributed by atoms with Gasteiger partial charge >= 0.3 is 0 Å². The zero-order chi connectivity index (χ0) is 20.9. The number of nitrogens with zero attached hydrogens (tertiary/aromatic N) is 1. The Morgan fingerprint density at radius 2 is 1.97 bits per heavy atom. The summed E-state index contributed by atoms with van der Waals surface area (Å²) in [6.45, 7) is 0. The Morgan fingerprint density at radius 3 is 2.67 bits per heavy atom. The largest absolute Gasteiger partial charge is 0.387 e. The molecule has 156 valence electrons. The molecule has 6 nitrogen and oxygen atoms in total. The van der Waals surface area contributed by atoms with Crippen molar-refractivity contribution in [2.45, 2.75) is 43.9 Å². The number of carbonyl (C=O) groups is 1. The molecule has 7 heteroatoms. The molecule has 2 unspecified atom stereocenters. The molecule has 2 aromatic carbocycles. The van der Waals surface area contributed by atoms with Gasteiger partial charge in [0, 0.05) is 23.2 Å². The molecule has 2 heterocycles. The third-order valence-corrected chi connectivity index (χ3v) is 6.15. The number of aliphatic hydroxyl groups is 1. The summed E-state index contributed by atoms with van der Waals surface area (Å²) in [6, 6.07) is 18.2. The van der Waals surface area contributed by atoms with E-state index in [0.29, 0.717) is 16.9 Å². The molecule has 1 saturated heterocycles. The van der Waals surface area contributed by atoms with Crippen molar-refractivity contribution in [1.29, 1.82) is 0 Å². The minimum absolute atomic E-state index is 0.0794. The number of carbonyl (C=O) groups excluding carboxylic acids is 1. The Bertz CT molecular complexity index is 974. The van der Waals surface area contributed by atoms with E-state index < -0.39 is 6.10 Å². The van der Waals surface area contributed by atoms with Gasteiger partial charge in [-0.25, -0.2) is 4.98 Å². The van der Waals surface area contributed by atoms with Gasteiger partial charge in [-0.2, -0.15) is 0 Å². The molecular weight excluding hydrogens is 396 g/mol. The average Bonchev–Trinajstić information content (AvgIpc) is 3.38. The topological polar surface area (TPSA) is 100 Å². The summed E-state index contributed by atoms with van der Waals surface area (Å²) in [5, 5.41) is 19.4. The quantitative estimate of drug-likeness (QED) is 0.468. The highest BCUT2D eigenvalue weighted by atomic mass is 32.1. The highest BCUT2D eigenvalue weighted by Crippen LogP contribution is 2.27. The number of hydrogen-bond donors (Lipinski definition) is 4. The summed E-state index contributed by atoms with van der Waals surface area (Å²) in [7, 11) is 0. The number of hydrogen-bond acceptors (Lipinski definition) is 6. The van der Waals surface area contributed by atoms with Gasteiger partial charge in [0.2, 0.25) is 5.91 Å². The van der Waals surface area contributed by atoms with Gasteiger partial charge in [-0.15, -0.1) is 11.3 Å². The molecule has 1 aliphatic rings. The number of benzene rings is 2. The summed E-state index contributed by atoms with van der Waals surface area (Å²) in [4.78, 5) is 16.3. The van der Waals surface area contributed by atoms with Crippen LogP contribution in [-0.2, 0) is 17.6 Å². The lowest BCUT2D eigenvalue weighted by Gasteiger charge is -2.20. The predicted octanol–water partition coefficient (Wildman–Crippen LogP) is 3.30. The Morgan fingerprint density at radius 1 is 1.20 bits per heavy atom. The van der Waals surface area contributed by atoms with Crippen molar-refractivity contribution < 1.29 is 9.90 Å². The zero-order valence-electron chi connectivity index (χ0n) is 16.6. The standard InChI is InChI=1S/C23H26N4O2S/c24-23-27-19(14-30-23)13-21(28)26-17-8-6-15(7-9-17)12-18-10-11-20(25-18)22(29)16-4-2-1-3-5-16/h1-9,14,18,20,22,25,29H,10-13H2,(H2,24,27)(H,26,28)/t18?,20?,22-/m1/s1. The van der Waals surface area contributed by atoms with Crippen molar-refractivity contribution in [2.75, 3.05) is 11.1 Å². The molecule has 1 fully saturated rings. The van der Waals surface area contributed by atoms with Gasteiger partial charge in [-0.3, -0.25) is 4.79 Å². The van der Waals surface area contributed by atoms with Crippen LogP contribution in [0.25, 0.3) is 0 Å². The molecule has 0 bridgehead atoms. The number of rotatable bonds is 7. The molecule has 0 saturated carbocycles. The minimum Gasteiger partial charge on any atom is -0.387 e. The molecule has 3 atom stereocenters. The minimum atomic E-state index is -0.484. The lowest BCUT2D eigenvalue weighted by Crippen LogP contribution is -2.35. The van der Waals surface area contributed by atoms with Crippen molar-refractivity contribution in [3.63, 3.8) is 0 Å². The van der Waals surface area contributed by atoms with Crippen LogP contribution in [0.1, 0.15) is 35.8 Å². The molecule has 3 aromatic rings. The van der Waals surface area contributed by atoms with Crippen molar-refractivity contribution >= 4 is 28.1 Å². The smallest absolute Gasteiger partial charge is 0.230 e. The van der Waals surface area contributed by atoms with E-state index in [1.54, 1.807) is 5.38 Å². The number of nitrogens with one attached hydrogen (secondary N) is 2. The number of nitrogens with two attached hydrogens (primary N) is 1. The normalized spacial score (nSPS) is 19.5. The van der Waals surface area contributed by atoms with E-state index in [0.717, 1.165) is 30.5 Å². The first-order chi connectivity index (χ1) is 14.6. The van der Waals surface area contributed by atoms with Crippen LogP contribution in [0.15, 0.2) is 60.0 Å². The van der Waals surface area contributed by atoms with Crippen LogP contribution in [0.4, 0.5) is 10.8 Å². The SMILES string of the molecule is Nc1nc(CC(=O)Nc2ccc(CC3CCC([C@H](O)c4ccccc4)N3)cc2)cs1. The summed E-state index contributed by atoms with van der Waals surface area (Å²) < 4.78 is 0. The van der Waals surface area contributed by atoms with Crippen LogP contribution in [0, 0.1) is 0 Å². The van der Waals surface area contributed by atoms with Gasteiger partial charge in [0.15, 0.2) is 5.13 Å².